The fourth-order valence-corrected chi connectivity index (χ4v) is 1.68. The number of ether oxygens (including phenoxy) is 1. The average Bonchev–Trinajstić information content (AvgIpc) is 2.86. The molecule has 0 amide bonds. The first-order valence-corrected chi connectivity index (χ1v) is 6.59. The van der Waals surface area contributed by atoms with Crippen LogP contribution in [-0.2, 0) is 4.74 Å². The molecule has 0 aromatic carbocycles. The van der Waals surface area contributed by atoms with E-state index in [1.54, 1.807) is 6.20 Å². The highest BCUT2D eigenvalue weighted by Crippen LogP contribution is 2.05. The summed E-state index contributed by atoms with van der Waals surface area (Å²) in [5.74, 6) is 0.195. The lowest BCUT2D eigenvalue weighted by molar-refractivity contribution is 0.0961. The van der Waals surface area contributed by atoms with E-state index in [0.717, 1.165) is 32.5 Å². The number of hydrogen-bond acceptors (Lipinski definition) is 2. The van der Waals surface area contributed by atoms with Crippen LogP contribution in [-0.4, -0.2) is 24.0 Å². The number of aromatic nitrogens is 1. The van der Waals surface area contributed by atoms with Crippen molar-refractivity contribution in [3.05, 3.63) is 24.0 Å². The second-order valence-corrected chi connectivity index (χ2v) is 4.28. The van der Waals surface area contributed by atoms with Crippen molar-refractivity contribution >= 4 is 5.78 Å². The van der Waals surface area contributed by atoms with Gasteiger partial charge in [-0.15, -0.1) is 0 Å². The maximum absolute atomic E-state index is 11.6. The van der Waals surface area contributed by atoms with Gasteiger partial charge in [0.05, 0.1) is 5.69 Å². The average molecular weight is 237 g/mol. The largest absolute Gasteiger partial charge is 0.381 e. The maximum Gasteiger partial charge on any atom is 0.178 e. The molecule has 0 unspecified atom stereocenters. The van der Waals surface area contributed by atoms with Crippen LogP contribution in [0, 0.1) is 0 Å². The lowest BCUT2D eigenvalue weighted by atomic mass is 10.1. The van der Waals surface area contributed by atoms with Gasteiger partial charge in [0.15, 0.2) is 5.78 Å². The van der Waals surface area contributed by atoms with Gasteiger partial charge < -0.3 is 9.72 Å². The van der Waals surface area contributed by atoms with Crippen molar-refractivity contribution in [2.45, 2.75) is 45.4 Å². The number of carbonyl (C=O) groups is 1. The minimum atomic E-state index is 0.195. The first-order valence-electron chi connectivity index (χ1n) is 6.59. The summed E-state index contributed by atoms with van der Waals surface area (Å²) in [5, 5.41) is 0. The summed E-state index contributed by atoms with van der Waals surface area (Å²) in [7, 11) is 0. The first-order chi connectivity index (χ1) is 8.34. The molecule has 0 saturated carbocycles. The summed E-state index contributed by atoms with van der Waals surface area (Å²) in [4.78, 5) is 14.5. The Hall–Kier alpha value is -1.09. The van der Waals surface area contributed by atoms with E-state index in [1.165, 1.54) is 12.8 Å². The van der Waals surface area contributed by atoms with Gasteiger partial charge in [-0.05, 0) is 31.4 Å². The summed E-state index contributed by atoms with van der Waals surface area (Å²) in [6.07, 6.45) is 7.89. The molecular weight excluding hydrogens is 214 g/mol. The lowest BCUT2D eigenvalue weighted by Gasteiger charge is -2.03. The molecule has 17 heavy (non-hydrogen) atoms. The zero-order valence-electron chi connectivity index (χ0n) is 10.7. The molecule has 3 nitrogen and oxygen atoms in total. The van der Waals surface area contributed by atoms with E-state index >= 15 is 0 Å². The van der Waals surface area contributed by atoms with E-state index in [9.17, 15) is 4.79 Å². The number of nitrogens with one attached hydrogen (secondary N) is 1. The highest BCUT2D eigenvalue weighted by Gasteiger charge is 2.04. The van der Waals surface area contributed by atoms with Crippen LogP contribution in [0.3, 0.4) is 0 Å². The van der Waals surface area contributed by atoms with Crippen molar-refractivity contribution in [1.82, 2.24) is 4.98 Å². The van der Waals surface area contributed by atoms with E-state index < -0.39 is 0 Å². The number of rotatable bonds is 10. The molecule has 1 aromatic rings. The van der Waals surface area contributed by atoms with Crippen LogP contribution >= 0.6 is 0 Å². The molecule has 0 fully saturated rings. The van der Waals surface area contributed by atoms with E-state index in [0.29, 0.717) is 12.1 Å². The van der Waals surface area contributed by atoms with Gasteiger partial charge in [0.25, 0.3) is 0 Å². The fourth-order valence-electron chi connectivity index (χ4n) is 1.68. The van der Waals surface area contributed by atoms with Crippen molar-refractivity contribution in [2.24, 2.45) is 0 Å². The predicted molar refractivity (Wildman–Crippen MR) is 69.3 cm³/mol. The highest BCUT2D eigenvalue weighted by molar-refractivity contribution is 5.94. The number of ketones is 1. The molecule has 0 aliphatic carbocycles. The van der Waals surface area contributed by atoms with Gasteiger partial charge in [-0.1, -0.05) is 19.8 Å². The van der Waals surface area contributed by atoms with Gasteiger partial charge in [0, 0.05) is 25.8 Å². The minimum Gasteiger partial charge on any atom is -0.381 e. The molecule has 1 N–H and O–H groups in total. The number of aromatic amines is 1. The Bertz CT molecular complexity index is 293. The van der Waals surface area contributed by atoms with Crippen LogP contribution < -0.4 is 0 Å². The Kier molecular flexibility index (Phi) is 7.39. The Morgan fingerprint density at radius 3 is 2.65 bits per heavy atom. The van der Waals surface area contributed by atoms with Gasteiger partial charge >= 0.3 is 0 Å². The minimum absolute atomic E-state index is 0.195. The number of H-pyrrole nitrogens is 1. The second kappa shape index (κ2) is 8.99. The third-order valence-electron chi connectivity index (χ3n) is 2.73. The van der Waals surface area contributed by atoms with Crippen LogP contribution in [0.2, 0.25) is 0 Å². The molecule has 0 radical (unpaired) electrons. The molecule has 96 valence electrons. The molecule has 0 aliphatic rings. The topological polar surface area (TPSA) is 42.1 Å². The Morgan fingerprint density at radius 2 is 2.00 bits per heavy atom. The Labute approximate surface area is 104 Å². The molecule has 0 saturated heterocycles. The summed E-state index contributed by atoms with van der Waals surface area (Å²) >= 11 is 0. The molecule has 1 rings (SSSR count). The van der Waals surface area contributed by atoms with Crippen LogP contribution in [0.5, 0.6) is 0 Å². The molecule has 0 spiro atoms. The van der Waals surface area contributed by atoms with Crippen LogP contribution in [0.15, 0.2) is 18.3 Å². The third-order valence-corrected chi connectivity index (χ3v) is 2.73. The van der Waals surface area contributed by atoms with E-state index in [2.05, 4.69) is 11.9 Å². The van der Waals surface area contributed by atoms with E-state index in [-0.39, 0.29) is 5.78 Å². The van der Waals surface area contributed by atoms with Gasteiger partial charge in [-0.3, -0.25) is 4.79 Å². The maximum atomic E-state index is 11.6. The van der Waals surface area contributed by atoms with Crippen molar-refractivity contribution in [2.75, 3.05) is 13.2 Å². The van der Waals surface area contributed by atoms with Crippen molar-refractivity contribution < 1.29 is 9.53 Å². The zero-order valence-corrected chi connectivity index (χ0v) is 10.7. The highest BCUT2D eigenvalue weighted by atomic mass is 16.5. The molecule has 1 aromatic heterocycles. The van der Waals surface area contributed by atoms with E-state index in [1.807, 2.05) is 12.1 Å². The van der Waals surface area contributed by atoms with Crippen LogP contribution in [0.4, 0.5) is 0 Å². The third kappa shape index (κ3) is 6.27. The molecule has 0 aliphatic heterocycles. The fraction of sp³-hybridized carbons (Fsp3) is 0.643. The predicted octanol–water partition coefficient (Wildman–Crippen LogP) is 3.57. The van der Waals surface area contributed by atoms with Crippen LogP contribution in [0.25, 0.3) is 0 Å². The van der Waals surface area contributed by atoms with Crippen LogP contribution in [0.1, 0.15) is 55.9 Å². The second-order valence-electron chi connectivity index (χ2n) is 4.28. The summed E-state index contributed by atoms with van der Waals surface area (Å²) in [6.45, 7) is 3.83. The number of unbranched alkanes of at least 4 members (excludes halogenated alkanes) is 3. The molecule has 1 heterocycles. The monoisotopic (exact) mass is 237 g/mol. The smallest absolute Gasteiger partial charge is 0.178 e. The Balaban J connectivity index is 1.92. The SMILES string of the molecule is CCCCCOCCCCC(=O)c1ccc[nH]1. The van der Waals surface area contributed by atoms with Gasteiger partial charge in [0.2, 0.25) is 0 Å². The van der Waals surface area contributed by atoms with Gasteiger partial charge in [0.1, 0.15) is 0 Å². The normalized spacial score (nSPS) is 10.6. The van der Waals surface area contributed by atoms with Crippen molar-refractivity contribution in [1.29, 1.82) is 0 Å². The molecule has 0 atom stereocenters. The summed E-state index contributed by atoms with van der Waals surface area (Å²) < 4.78 is 5.49. The van der Waals surface area contributed by atoms with Gasteiger partial charge in [-0.2, -0.15) is 0 Å². The van der Waals surface area contributed by atoms with Crippen molar-refractivity contribution in [3.8, 4) is 0 Å². The first kappa shape index (κ1) is 14.0. The van der Waals surface area contributed by atoms with E-state index in [4.69, 9.17) is 4.74 Å². The van der Waals surface area contributed by atoms with Gasteiger partial charge in [-0.25, -0.2) is 0 Å². The summed E-state index contributed by atoms with van der Waals surface area (Å²) in [5.41, 5.74) is 0.717. The number of Topliss-reactive ketones (excluding diaryl/α,β-unsaturated/α-hetero) is 1. The van der Waals surface area contributed by atoms with Crippen molar-refractivity contribution in [3.63, 3.8) is 0 Å². The molecular formula is C14H23NO2. The zero-order chi connectivity index (χ0) is 12.3. The lowest BCUT2D eigenvalue weighted by Crippen LogP contribution is -2.01. The standard InChI is InChI=1S/C14H23NO2/c1-2-3-5-11-17-12-6-4-9-14(16)13-8-7-10-15-13/h7-8,10,15H,2-6,9,11-12H2,1H3. The number of carbonyl (C=O) groups excluding carboxylic acids is 1. The Morgan fingerprint density at radius 1 is 1.24 bits per heavy atom. The number of hydrogen-bond donors (Lipinski definition) is 1. The summed E-state index contributed by atoms with van der Waals surface area (Å²) in [6, 6.07) is 3.67. The quantitative estimate of drug-likeness (QED) is 0.499. The molecule has 3 heteroatoms. The molecule has 0 bridgehead atoms.